The average molecular weight is 348 g/mol. The SMILES string of the molecule is O=C(NC1CC1)[C@H]1CCCN(C2CCN(C(=O)C3CCCC3)CC2)C1. The number of hydrogen-bond acceptors (Lipinski definition) is 3. The van der Waals surface area contributed by atoms with Crippen molar-refractivity contribution in [2.45, 2.75) is 76.3 Å². The minimum absolute atomic E-state index is 0.174. The average Bonchev–Trinajstić information content (AvgIpc) is 3.30. The molecule has 1 atom stereocenters. The summed E-state index contributed by atoms with van der Waals surface area (Å²) in [5.41, 5.74) is 0. The van der Waals surface area contributed by atoms with Gasteiger partial charge in [0.1, 0.15) is 0 Å². The van der Waals surface area contributed by atoms with Gasteiger partial charge in [0.2, 0.25) is 11.8 Å². The molecule has 4 fully saturated rings. The Bertz CT molecular complexity index is 491. The second-order valence-corrected chi connectivity index (χ2v) is 8.65. The Morgan fingerprint density at radius 2 is 1.44 bits per heavy atom. The van der Waals surface area contributed by atoms with Gasteiger partial charge in [-0.15, -0.1) is 0 Å². The van der Waals surface area contributed by atoms with E-state index >= 15 is 0 Å². The zero-order valence-electron chi connectivity index (χ0n) is 15.4. The number of nitrogens with zero attached hydrogens (tertiary/aromatic N) is 2. The summed E-state index contributed by atoms with van der Waals surface area (Å²) in [6.07, 6.45) is 11.3. The van der Waals surface area contributed by atoms with Crippen molar-refractivity contribution in [3.05, 3.63) is 0 Å². The number of amides is 2. The lowest BCUT2D eigenvalue weighted by Gasteiger charge is -2.42. The van der Waals surface area contributed by atoms with Crippen LogP contribution in [-0.4, -0.2) is 59.9 Å². The highest BCUT2D eigenvalue weighted by atomic mass is 16.2. The predicted molar refractivity (Wildman–Crippen MR) is 97.0 cm³/mol. The van der Waals surface area contributed by atoms with E-state index in [1.54, 1.807) is 0 Å². The van der Waals surface area contributed by atoms with Gasteiger partial charge in [0.05, 0.1) is 5.92 Å². The van der Waals surface area contributed by atoms with Crippen LogP contribution in [0.1, 0.15) is 64.2 Å². The molecule has 2 saturated carbocycles. The molecule has 0 bridgehead atoms. The van der Waals surface area contributed by atoms with Crippen molar-refractivity contribution >= 4 is 11.8 Å². The summed E-state index contributed by atoms with van der Waals surface area (Å²) in [5, 5.41) is 3.18. The van der Waals surface area contributed by atoms with Crippen LogP contribution in [0, 0.1) is 11.8 Å². The van der Waals surface area contributed by atoms with Gasteiger partial charge < -0.3 is 10.2 Å². The number of carbonyl (C=O) groups excluding carboxylic acids is 2. The van der Waals surface area contributed by atoms with Crippen LogP contribution < -0.4 is 5.32 Å². The maximum Gasteiger partial charge on any atom is 0.225 e. The van der Waals surface area contributed by atoms with E-state index in [4.69, 9.17) is 0 Å². The Labute approximate surface area is 151 Å². The van der Waals surface area contributed by atoms with Gasteiger partial charge in [-0.25, -0.2) is 0 Å². The van der Waals surface area contributed by atoms with E-state index in [1.165, 1.54) is 12.8 Å². The number of piperidine rings is 2. The Morgan fingerprint density at radius 3 is 2.12 bits per heavy atom. The number of hydrogen-bond donors (Lipinski definition) is 1. The molecule has 140 valence electrons. The molecule has 25 heavy (non-hydrogen) atoms. The lowest BCUT2D eigenvalue weighted by Crippen LogP contribution is -2.52. The third-order valence-electron chi connectivity index (χ3n) is 6.74. The zero-order valence-corrected chi connectivity index (χ0v) is 15.4. The van der Waals surface area contributed by atoms with Crippen LogP contribution in [0.25, 0.3) is 0 Å². The standard InChI is InChI=1S/C20H33N3O2/c24-19(21-17-7-8-17)16-6-3-11-23(14-16)18-9-12-22(13-10-18)20(25)15-4-1-2-5-15/h15-18H,1-14H2,(H,21,24)/t16-/m0/s1. The number of rotatable bonds is 4. The monoisotopic (exact) mass is 347 g/mol. The molecular formula is C20H33N3O2. The van der Waals surface area contributed by atoms with Crippen LogP contribution in [0.15, 0.2) is 0 Å². The Balaban J connectivity index is 1.25. The fourth-order valence-electron chi connectivity index (χ4n) is 4.98. The summed E-state index contributed by atoms with van der Waals surface area (Å²) >= 11 is 0. The van der Waals surface area contributed by atoms with Crippen LogP contribution in [0.5, 0.6) is 0 Å². The van der Waals surface area contributed by atoms with Gasteiger partial charge in [-0.3, -0.25) is 14.5 Å². The summed E-state index contributed by atoms with van der Waals surface area (Å²) in [7, 11) is 0. The van der Waals surface area contributed by atoms with E-state index in [2.05, 4.69) is 15.1 Å². The van der Waals surface area contributed by atoms with Crippen LogP contribution in [0.2, 0.25) is 0 Å². The molecule has 0 aromatic heterocycles. The lowest BCUT2D eigenvalue weighted by atomic mass is 9.93. The normalized spacial score (nSPS) is 29.8. The van der Waals surface area contributed by atoms with Gasteiger partial charge in [-0.2, -0.15) is 0 Å². The Morgan fingerprint density at radius 1 is 0.760 bits per heavy atom. The highest BCUT2D eigenvalue weighted by molar-refractivity contribution is 5.80. The molecular weight excluding hydrogens is 314 g/mol. The van der Waals surface area contributed by atoms with Crippen molar-refractivity contribution in [2.24, 2.45) is 11.8 Å². The maximum absolute atomic E-state index is 12.6. The van der Waals surface area contributed by atoms with Crippen LogP contribution >= 0.6 is 0 Å². The van der Waals surface area contributed by atoms with Crippen molar-refractivity contribution in [1.29, 1.82) is 0 Å². The summed E-state index contributed by atoms with van der Waals surface area (Å²) in [6.45, 7) is 3.86. The number of nitrogens with one attached hydrogen (secondary N) is 1. The molecule has 0 unspecified atom stereocenters. The van der Waals surface area contributed by atoms with Crippen molar-refractivity contribution in [1.82, 2.24) is 15.1 Å². The van der Waals surface area contributed by atoms with Crippen molar-refractivity contribution in [3.63, 3.8) is 0 Å². The van der Waals surface area contributed by atoms with E-state index < -0.39 is 0 Å². The topological polar surface area (TPSA) is 52.7 Å². The quantitative estimate of drug-likeness (QED) is 0.848. The molecule has 2 amide bonds. The van der Waals surface area contributed by atoms with Crippen molar-refractivity contribution in [3.8, 4) is 0 Å². The van der Waals surface area contributed by atoms with E-state index in [1.807, 2.05) is 0 Å². The summed E-state index contributed by atoms with van der Waals surface area (Å²) < 4.78 is 0. The summed E-state index contributed by atoms with van der Waals surface area (Å²) in [4.78, 5) is 29.6. The Kier molecular flexibility index (Phi) is 5.30. The largest absolute Gasteiger partial charge is 0.353 e. The molecule has 0 aromatic rings. The highest BCUT2D eigenvalue weighted by Crippen LogP contribution is 2.29. The minimum Gasteiger partial charge on any atom is -0.353 e. The summed E-state index contributed by atoms with van der Waals surface area (Å²) in [6, 6.07) is 1.02. The fraction of sp³-hybridized carbons (Fsp3) is 0.900. The predicted octanol–water partition coefficient (Wildman–Crippen LogP) is 2.16. The van der Waals surface area contributed by atoms with Crippen LogP contribution in [-0.2, 0) is 9.59 Å². The molecule has 5 nitrogen and oxygen atoms in total. The first kappa shape index (κ1) is 17.3. The smallest absolute Gasteiger partial charge is 0.225 e. The Hall–Kier alpha value is -1.10. The van der Waals surface area contributed by atoms with Crippen molar-refractivity contribution < 1.29 is 9.59 Å². The van der Waals surface area contributed by atoms with Gasteiger partial charge in [0.15, 0.2) is 0 Å². The van der Waals surface area contributed by atoms with Gasteiger partial charge in [-0.1, -0.05) is 12.8 Å². The fourth-order valence-corrected chi connectivity index (χ4v) is 4.98. The van der Waals surface area contributed by atoms with E-state index in [9.17, 15) is 9.59 Å². The van der Waals surface area contributed by atoms with Gasteiger partial charge in [0.25, 0.3) is 0 Å². The molecule has 0 radical (unpaired) electrons. The van der Waals surface area contributed by atoms with Gasteiger partial charge >= 0.3 is 0 Å². The van der Waals surface area contributed by atoms with Crippen LogP contribution in [0.4, 0.5) is 0 Å². The molecule has 2 saturated heterocycles. The third kappa shape index (κ3) is 4.18. The molecule has 2 aliphatic heterocycles. The molecule has 2 heterocycles. The van der Waals surface area contributed by atoms with E-state index in [0.29, 0.717) is 23.9 Å². The minimum atomic E-state index is 0.174. The number of carbonyl (C=O) groups is 2. The third-order valence-corrected chi connectivity index (χ3v) is 6.74. The molecule has 5 heteroatoms. The zero-order chi connectivity index (χ0) is 17.2. The first-order valence-corrected chi connectivity index (χ1v) is 10.5. The second kappa shape index (κ2) is 7.65. The lowest BCUT2D eigenvalue weighted by molar-refractivity contribution is -0.137. The molecule has 0 aromatic carbocycles. The van der Waals surface area contributed by atoms with Gasteiger partial charge in [0, 0.05) is 37.6 Å². The molecule has 1 N–H and O–H groups in total. The van der Waals surface area contributed by atoms with Crippen molar-refractivity contribution in [2.75, 3.05) is 26.2 Å². The van der Waals surface area contributed by atoms with E-state index in [-0.39, 0.29) is 11.8 Å². The first-order chi connectivity index (χ1) is 12.2. The molecule has 4 rings (SSSR count). The van der Waals surface area contributed by atoms with E-state index in [0.717, 1.165) is 77.5 Å². The first-order valence-electron chi connectivity index (χ1n) is 10.5. The highest BCUT2D eigenvalue weighted by Gasteiger charge is 2.35. The second-order valence-electron chi connectivity index (χ2n) is 8.65. The molecule has 4 aliphatic rings. The maximum atomic E-state index is 12.6. The molecule has 0 spiro atoms. The van der Waals surface area contributed by atoms with Gasteiger partial charge in [-0.05, 0) is 57.9 Å². The molecule has 2 aliphatic carbocycles. The number of likely N-dealkylation sites (tertiary alicyclic amines) is 2. The van der Waals surface area contributed by atoms with Crippen LogP contribution in [0.3, 0.4) is 0 Å². The summed E-state index contributed by atoms with van der Waals surface area (Å²) in [5.74, 6) is 1.17.